The van der Waals surface area contributed by atoms with Gasteiger partial charge in [-0.05, 0) is 24.1 Å². The second kappa shape index (κ2) is 10.1. The third-order valence-corrected chi connectivity index (χ3v) is 7.78. The number of thioether (sulfide) groups is 2. The molecule has 0 radical (unpaired) electrons. The van der Waals surface area contributed by atoms with E-state index < -0.39 is 0 Å². The molecule has 0 aliphatic carbocycles. The Morgan fingerprint density at radius 3 is 2.79 bits per heavy atom. The van der Waals surface area contributed by atoms with Crippen molar-refractivity contribution in [3.05, 3.63) is 70.1 Å². The van der Waals surface area contributed by atoms with Crippen LogP contribution in [0, 0.1) is 0 Å². The maximum absolute atomic E-state index is 13.3. The molecule has 9 heteroatoms. The summed E-state index contributed by atoms with van der Waals surface area (Å²) in [6.45, 7) is 3.63. The largest absolute Gasteiger partial charge is 0.486 e. The van der Waals surface area contributed by atoms with Crippen molar-refractivity contribution in [3.63, 3.8) is 0 Å². The first-order chi connectivity index (χ1) is 16.6. The van der Waals surface area contributed by atoms with Gasteiger partial charge < -0.3 is 14.8 Å². The molecule has 1 amide bonds. The van der Waals surface area contributed by atoms with Crippen molar-refractivity contribution in [2.45, 2.75) is 41.6 Å². The van der Waals surface area contributed by atoms with Crippen LogP contribution in [-0.4, -0.2) is 39.7 Å². The summed E-state index contributed by atoms with van der Waals surface area (Å²) in [5, 5.41) is 3.82. The molecule has 1 aromatic heterocycles. The molecule has 1 atom stereocenters. The molecule has 5 rings (SSSR count). The summed E-state index contributed by atoms with van der Waals surface area (Å²) in [5.41, 5.74) is 2.63. The van der Waals surface area contributed by atoms with Crippen molar-refractivity contribution in [3.8, 4) is 11.5 Å². The Balaban J connectivity index is 1.31. The van der Waals surface area contributed by atoms with Gasteiger partial charge in [-0.15, -0.1) is 11.8 Å². The summed E-state index contributed by atoms with van der Waals surface area (Å²) < 4.78 is 12.8. The summed E-state index contributed by atoms with van der Waals surface area (Å²) >= 11 is 2.89. The van der Waals surface area contributed by atoms with Gasteiger partial charge in [0.15, 0.2) is 16.7 Å². The molecule has 3 aromatic rings. The van der Waals surface area contributed by atoms with Gasteiger partial charge in [0.1, 0.15) is 13.2 Å². The van der Waals surface area contributed by atoms with Gasteiger partial charge in [-0.25, -0.2) is 4.98 Å². The summed E-state index contributed by atoms with van der Waals surface area (Å²) in [7, 11) is 0. The molecule has 2 aliphatic heterocycles. The van der Waals surface area contributed by atoms with Gasteiger partial charge in [0.05, 0.1) is 16.3 Å². The lowest BCUT2D eigenvalue weighted by molar-refractivity contribution is -0.113. The number of nitrogens with zero attached hydrogens (tertiary/aromatic N) is 2. The van der Waals surface area contributed by atoms with E-state index in [1.807, 2.05) is 18.2 Å². The minimum Gasteiger partial charge on any atom is -0.486 e. The van der Waals surface area contributed by atoms with Gasteiger partial charge in [0, 0.05) is 30.0 Å². The first-order valence-electron chi connectivity index (χ1n) is 11.2. The van der Waals surface area contributed by atoms with Crippen LogP contribution in [-0.2, 0) is 24.2 Å². The quantitative estimate of drug-likeness (QED) is 0.392. The number of carbonyl (C=O) groups excluding carboxylic acids is 1. The molecule has 1 N–H and O–H groups in total. The molecule has 0 saturated carbocycles. The van der Waals surface area contributed by atoms with Crippen LogP contribution in [0.4, 0.5) is 5.69 Å². The lowest BCUT2D eigenvalue weighted by Gasteiger charge is -2.19. The van der Waals surface area contributed by atoms with Crippen LogP contribution in [0.25, 0.3) is 0 Å². The number of anilines is 1. The van der Waals surface area contributed by atoms with Crippen LogP contribution in [0.3, 0.4) is 0 Å². The van der Waals surface area contributed by atoms with Crippen molar-refractivity contribution in [2.24, 2.45) is 0 Å². The maximum atomic E-state index is 13.3. The zero-order chi connectivity index (χ0) is 23.5. The summed E-state index contributed by atoms with van der Waals surface area (Å²) in [6, 6.07) is 15.4. The standard InChI is InChI=1S/C25H25N3O4S2/c1-16-13-19-23(34-16)24(30)28(10-9-17-5-3-2-4-6-17)25(27-19)33-15-22(29)26-18-7-8-20-21(14-18)32-12-11-31-20/h2-8,14,16H,9-13,15H2,1H3,(H,26,29)/t16-/m0/s1. The predicted molar refractivity (Wildman–Crippen MR) is 134 cm³/mol. The highest BCUT2D eigenvalue weighted by molar-refractivity contribution is 8.00. The Labute approximate surface area is 206 Å². The zero-order valence-electron chi connectivity index (χ0n) is 18.8. The topological polar surface area (TPSA) is 82.4 Å². The molecule has 0 saturated heterocycles. The lowest BCUT2D eigenvalue weighted by Crippen LogP contribution is -2.27. The monoisotopic (exact) mass is 495 g/mol. The van der Waals surface area contributed by atoms with Crippen LogP contribution in [0.2, 0.25) is 0 Å². The molecule has 0 unspecified atom stereocenters. The van der Waals surface area contributed by atoms with Crippen molar-refractivity contribution >= 4 is 35.1 Å². The van der Waals surface area contributed by atoms with E-state index in [1.165, 1.54) is 11.8 Å². The third kappa shape index (κ3) is 5.10. The summed E-state index contributed by atoms with van der Waals surface area (Å²) in [6.07, 6.45) is 1.49. The van der Waals surface area contributed by atoms with Crippen LogP contribution in [0.1, 0.15) is 18.2 Å². The van der Waals surface area contributed by atoms with E-state index in [2.05, 4.69) is 24.4 Å². The lowest BCUT2D eigenvalue weighted by atomic mass is 10.1. The normalized spacial score (nSPS) is 16.2. The highest BCUT2D eigenvalue weighted by Crippen LogP contribution is 2.35. The molecule has 0 spiro atoms. The van der Waals surface area contributed by atoms with Crippen molar-refractivity contribution in [2.75, 3.05) is 24.3 Å². The van der Waals surface area contributed by atoms with Gasteiger partial charge in [-0.2, -0.15) is 0 Å². The van der Waals surface area contributed by atoms with Crippen LogP contribution < -0.4 is 20.3 Å². The number of ether oxygens (including phenoxy) is 2. The number of hydrogen-bond donors (Lipinski definition) is 1. The molecule has 0 fully saturated rings. The third-order valence-electron chi connectivity index (χ3n) is 5.59. The average Bonchev–Trinajstić information content (AvgIpc) is 3.23. The Hall–Kier alpha value is -2.91. The van der Waals surface area contributed by atoms with E-state index in [0.29, 0.717) is 47.4 Å². The molecule has 2 aliphatic rings. The van der Waals surface area contributed by atoms with Crippen LogP contribution in [0.15, 0.2) is 63.4 Å². The Morgan fingerprint density at radius 2 is 1.97 bits per heavy atom. The van der Waals surface area contributed by atoms with Gasteiger partial charge in [0.25, 0.3) is 5.56 Å². The SMILES string of the molecule is C[C@H]1Cc2nc(SCC(=O)Nc3ccc4c(c3)OCCO4)n(CCc3ccccc3)c(=O)c2S1. The first kappa shape index (κ1) is 22.9. The summed E-state index contributed by atoms with van der Waals surface area (Å²) in [5.74, 6) is 1.27. The second-order valence-electron chi connectivity index (χ2n) is 8.19. The molecular weight excluding hydrogens is 470 g/mol. The number of aryl methyl sites for hydroxylation is 1. The maximum Gasteiger partial charge on any atom is 0.268 e. The predicted octanol–water partition coefficient (Wildman–Crippen LogP) is 4.02. The van der Waals surface area contributed by atoms with Crippen molar-refractivity contribution < 1.29 is 14.3 Å². The fourth-order valence-electron chi connectivity index (χ4n) is 3.97. The minimum absolute atomic E-state index is 0.00924. The molecule has 176 valence electrons. The fraction of sp³-hybridized carbons (Fsp3) is 0.320. The number of nitrogens with one attached hydrogen (secondary N) is 1. The first-order valence-corrected chi connectivity index (χ1v) is 13.1. The number of amides is 1. The van der Waals surface area contributed by atoms with Gasteiger partial charge in [0.2, 0.25) is 5.91 Å². The molecule has 7 nitrogen and oxygen atoms in total. The Kier molecular flexibility index (Phi) is 6.82. The molecular formula is C25H25N3O4S2. The van der Waals surface area contributed by atoms with Crippen molar-refractivity contribution in [1.29, 1.82) is 0 Å². The molecule has 2 aromatic carbocycles. The smallest absolute Gasteiger partial charge is 0.268 e. The summed E-state index contributed by atoms with van der Waals surface area (Å²) in [4.78, 5) is 31.5. The van der Waals surface area contributed by atoms with Crippen LogP contribution >= 0.6 is 23.5 Å². The van der Waals surface area contributed by atoms with Gasteiger partial charge in [-0.3, -0.25) is 14.2 Å². The van der Waals surface area contributed by atoms with E-state index in [4.69, 9.17) is 14.5 Å². The number of carbonyl (C=O) groups is 1. The van der Waals surface area contributed by atoms with Gasteiger partial charge in [-0.1, -0.05) is 49.0 Å². The molecule has 3 heterocycles. The molecule has 0 bridgehead atoms. The number of aromatic nitrogens is 2. The number of rotatable bonds is 7. The van der Waals surface area contributed by atoms with E-state index in [9.17, 15) is 9.59 Å². The Bertz CT molecular complexity index is 1260. The van der Waals surface area contributed by atoms with E-state index >= 15 is 0 Å². The minimum atomic E-state index is -0.172. The van der Waals surface area contributed by atoms with Crippen LogP contribution in [0.5, 0.6) is 11.5 Å². The fourth-order valence-corrected chi connectivity index (χ4v) is 5.93. The zero-order valence-corrected chi connectivity index (χ0v) is 20.4. The highest BCUT2D eigenvalue weighted by Gasteiger charge is 2.26. The van der Waals surface area contributed by atoms with E-state index in [0.717, 1.165) is 29.0 Å². The molecule has 34 heavy (non-hydrogen) atoms. The number of fused-ring (bicyclic) bond motifs is 2. The number of hydrogen-bond acceptors (Lipinski definition) is 7. The highest BCUT2D eigenvalue weighted by atomic mass is 32.2. The number of benzene rings is 2. The second-order valence-corrected chi connectivity index (χ2v) is 10.6. The average molecular weight is 496 g/mol. The van der Waals surface area contributed by atoms with Crippen molar-refractivity contribution in [1.82, 2.24) is 9.55 Å². The van der Waals surface area contributed by atoms with E-state index in [-0.39, 0.29) is 17.2 Å². The Morgan fingerprint density at radius 1 is 1.18 bits per heavy atom. The van der Waals surface area contributed by atoms with E-state index in [1.54, 1.807) is 34.5 Å². The van der Waals surface area contributed by atoms with Gasteiger partial charge >= 0.3 is 0 Å².